The fourth-order valence-electron chi connectivity index (χ4n) is 1.38. The standard InChI is InChI=1S/C11H18OS/c1-4-8(2)7-10(12)11-9(3)5-6-13-11/h5-6,8,10,12H,4,7H2,1-3H3. The van der Waals surface area contributed by atoms with Crippen molar-refractivity contribution in [1.82, 2.24) is 0 Å². The van der Waals surface area contributed by atoms with Crippen LogP contribution < -0.4 is 0 Å². The third-order valence-corrected chi connectivity index (χ3v) is 3.65. The van der Waals surface area contributed by atoms with E-state index in [1.807, 2.05) is 5.38 Å². The highest BCUT2D eigenvalue weighted by molar-refractivity contribution is 7.10. The molecular weight excluding hydrogens is 180 g/mol. The Balaban J connectivity index is 2.58. The zero-order chi connectivity index (χ0) is 9.84. The number of rotatable bonds is 4. The predicted molar refractivity (Wildman–Crippen MR) is 58.1 cm³/mol. The van der Waals surface area contributed by atoms with Gasteiger partial charge in [0.05, 0.1) is 6.10 Å². The van der Waals surface area contributed by atoms with Gasteiger partial charge in [-0.1, -0.05) is 20.3 Å². The first kappa shape index (κ1) is 10.7. The monoisotopic (exact) mass is 198 g/mol. The molecule has 0 aromatic carbocycles. The molecule has 1 heterocycles. The van der Waals surface area contributed by atoms with Crippen molar-refractivity contribution in [1.29, 1.82) is 0 Å². The van der Waals surface area contributed by atoms with Gasteiger partial charge in [0.15, 0.2) is 0 Å². The van der Waals surface area contributed by atoms with Crippen molar-refractivity contribution in [3.63, 3.8) is 0 Å². The molecule has 0 aliphatic rings. The highest BCUT2D eigenvalue weighted by Crippen LogP contribution is 2.29. The average Bonchev–Trinajstić information content (AvgIpc) is 2.51. The van der Waals surface area contributed by atoms with Gasteiger partial charge in [0, 0.05) is 4.88 Å². The Morgan fingerprint density at radius 1 is 1.54 bits per heavy atom. The van der Waals surface area contributed by atoms with Crippen molar-refractivity contribution in [2.75, 3.05) is 0 Å². The van der Waals surface area contributed by atoms with E-state index < -0.39 is 0 Å². The molecule has 1 rings (SSSR count). The summed E-state index contributed by atoms with van der Waals surface area (Å²) in [6, 6.07) is 2.07. The minimum Gasteiger partial charge on any atom is -0.388 e. The molecule has 0 aliphatic heterocycles. The summed E-state index contributed by atoms with van der Waals surface area (Å²) in [5, 5.41) is 11.9. The Labute approximate surface area is 84.4 Å². The molecule has 2 atom stereocenters. The normalized spacial score (nSPS) is 15.7. The lowest BCUT2D eigenvalue weighted by molar-refractivity contribution is 0.149. The maximum atomic E-state index is 9.90. The van der Waals surface area contributed by atoms with Crippen LogP contribution in [0.15, 0.2) is 11.4 Å². The molecule has 0 spiro atoms. The number of hydrogen-bond acceptors (Lipinski definition) is 2. The lowest BCUT2D eigenvalue weighted by Gasteiger charge is -2.14. The van der Waals surface area contributed by atoms with Crippen LogP contribution in [0.2, 0.25) is 0 Å². The van der Waals surface area contributed by atoms with Gasteiger partial charge in [-0.15, -0.1) is 11.3 Å². The molecule has 0 bridgehead atoms. The Kier molecular flexibility index (Phi) is 3.94. The summed E-state index contributed by atoms with van der Waals surface area (Å²) in [7, 11) is 0. The molecule has 0 radical (unpaired) electrons. The molecule has 0 aliphatic carbocycles. The Hall–Kier alpha value is -0.340. The second-order valence-electron chi connectivity index (χ2n) is 3.73. The number of thiophene rings is 1. The lowest BCUT2D eigenvalue weighted by Crippen LogP contribution is -2.03. The summed E-state index contributed by atoms with van der Waals surface area (Å²) >= 11 is 1.66. The second-order valence-corrected chi connectivity index (χ2v) is 4.68. The highest BCUT2D eigenvalue weighted by atomic mass is 32.1. The van der Waals surface area contributed by atoms with Crippen molar-refractivity contribution in [3.05, 3.63) is 21.9 Å². The maximum absolute atomic E-state index is 9.90. The second kappa shape index (κ2) is 4.77. The number of hydrogen-bond donors (Lipinski definition) is 1. The lowest BCUT2D eigenvalue weighted by atomic mass is 9.99. The first-order chi connectivity index (χ1) is 6.15. The van der Waals surface area contributed by atoms with Crippen LogP contribution in [0, 0.1) is 12.8 Å². The van der Waals surface area contributed by atoms with Crippen molar-refractivity contribution < 1.29 is 5.11 Å². The SMILES string of the molecule is CCC(C)CC(O)c1sccc1C. The van der Waals surface area contributed by atoms with E-state index in [0.29, 0.717) is 5.92 Å². The van der Waals surface area contributed by atoms with E-state index in [-0.39, 0.29) is 6.10 Å². The van der Waals surface area contributed by atoms with Crippen molar-refractivity contribution in [2.24, 2.45) is 5.92 Å². The Morgan fingerprint density at radius 3 is 2.69 bits per heavy atom. The molecule has 2 heteroatoms. The van der Waals surface area contributed by atoms with Crippen LogP contribution in [-0.2, 0) is 0 Å². The largest absolute Gasteiger partial charge is 0.388 e. The number of aliphatic hydroxyl groups excluding tert-OH is 1. The fourth-order valence-corrected chi connectivity index (χ4v) is 2.31. The van der Waals surface area contributed by atoms with Gasteiger partial charge in [0.1, 0.15) is 0 Å². The zero-order valence-corrected chi connectivity index (χ0v) is 9.40. The van der Waals surface area contributed by atoms with Crippen LogP contribution in [-0.4, -0.2) is 5.11 Å². The number of aliphatic hydroxyl groups is 1. The van der Waals surface area contributed by atoms with Crippen molar-refractivity contribution >= 4 is 11.3 Å². The van der Waals surface area contributed by atoms with Crippen LogP contribution in [0.25, 0.3) is 0 Å². The Bertz CT molecular complexity index is 254. The van der Waals surface area contributed by atoms with Gasteiger partial charge in [0.2, 0.25) is 0 Å². The van der Waals surface area contributed by atoms with E-state index in [4.69, 9.17) is 0 Å². The van der Waals surface area contributed by atoms with Gasteiger partial charge >= 0.3 is 0 Å². The molecular formula is C11H18OS. The summed E-state index contributed by atoms with van der Waals surface area (Å²) in [6.45, 7) is 6.41. The summed E-state index contributed by atoms with van der Waals surface area (Å²) in [4.78, 5) is 1.14. The third-order valence-electron chi connectivity index (χ3n) is 2.53. The third kappa shape index (κ3) is 2.82. The van der Waals surface area contributed by atoms with E-state index in [1.54, 1.807) is 11.3 Å². The van der Waals surface area contributed by atoms with Gasteiger partial charge in [-0.2, -0.15) is 0 Å². The quantitative estimate of drug-likeness (QED) is 0.784. The molecule has 2 unspecified atom stereocenters. The average molecular weight is 198 g/mol. The van der Waals surface area contributed by atoms with E-state index in [2.05, 4.69) is 26.8 Å². The summed E-state index contributed by atoms with van der Waals surface area (Å²) in [6.07, 6.45) is 1.77. The molecule has 13 heavy (non-hydrogen) atoms. The van der Waals surface area contributed by atoms with Crippen LogP contribution >= 0.6 is 11.3 Å². The molecule has 74 valence electrons. The van der Waals surface area contributed by atoms with E-state index >= 15 is 0 Å². The van der Waals surface area contributed by atoms with E-state index in [0.717, 1.165) is 17.7 Å². The first-order valence-electron chi connectivity index (χ1n) is 4.87. The summed E-state index contributed by atoms with van der Waals surface area (Å²) in [5.74, 6) is 0.608. The van der Waals surface area contributed by atoms with Crippen LogP contribution in [0.5, 0.6) is 0 Å². The predicted octanol–water partition coefficient (Wildman–Crippen LogP) is 3.53. The van der Waals surface area contributed by atoms with Gasteiger partial charge in [0.25, 0.3) is 0 Å². The first-order valence-corrected chi connectivity index (χ1v) is 5.75. The fraction of sp³-hybridized carbons (Fsp3) is 0.636. The van der Waals surface area contributed by atoms with Gasteiger partial charge < -0.3 is 5.11 Å². The van der Waals surface area contributed by atoms with Crippen LogP contribution in [0.4, 0.5) is 0 Å². The molecule has 1 N–H and O–H groups in total. The van der Waals surface area contributed by atoms with Crippen LogP contribution in [0.1, 0.15) is 43.2 Å². The zero-order valence-electron chi connectivity index (χ0n) is 8.58. The van der Waals surface area contributed by atoms with Gasteiger partial charge in [-0.25, -0.2) is 0 Å². The minimum atomic E-state index is -0.255. The molecule has 0 fully saturated rings. The molecule has 0 saturated carbocycles. The van der Waals surface area contributed by atoms with Gasteiger partial charge in [-0.3, -0.25) is 0 Å². The maximum Gasteiger partial charge on any atom is 0.0887 e. The summed E-state index contributed by atoms with van der Waals surface area (Å²) < 4.78 is 0. The molecule has 1 aromatic heterocycles. The Morgan fingerprint density at radius 2 is 2.23 bits per heavy atom. The molecule has 0 saturated heterocycles. The summed E-state index contributed by atoms with van der Waals surface area (Å²) in [5.41, 5.74) is 1.22. The van der Waals surface area contributed by atoms with Gasteiger partial charge in [-0.05, 0) is 36.3 Å². The van der Waals surface area contributed by atoms with E-state index in [9.17, 15) is 5.11 Å². The highest BCUT2D eigenvalue weighted by Gasteiger charge is 2.14. The molecule has 1 nitrogen and oxygen atoms in total. The minimum absolute atomic E-state index is 0.255. The number of aryl methyl sites for hydroxylation is 1. The smallest absolute Gasteiger partial charge is 0.0887 e. The van der Waals surface area contributed by atoms with Crippen molar-refractivity contribution in [2.45, 2.75) is 39.7 Å². The van der Waals surface area contributed by atoms with E-state index in [1.165, 1.54) is 5.56 Å². The topological polar surface area (TPSA) is 20.2 Å². The molecule has 0 amide bonds. The molecule has 1 aromatic rings. The van der Waals surface area contributed by atoms with Crippen LogP contribution in [0.3, 0.4) is 0 Å². The van der Waals surface area contributed by atoms with Crippen molar-refractivity contribution in [3.8, 4) is 0 Å².